The van der Waals surface area contributed by atoms with Crippen LogP contribution in [0.5, 0.6) is 0 Å². The highest BCUT2D eigenvalue weighted by Gasteiger charge is 2.61. The van der Waals surface area contributed by atoms with Gasteiger partial charge in [-0.2, -0.15) is 0 Å². The summed E-state index contributed by atoms with van der Waals surface area (Å²) < 4.78 is 0. The van der Waals surface area contributed by atoms with Crippen LogP contribution in [0.4, 0.5) is 0 Å². The summed E-state index contributed by atoms with van der Waals surface area (Å²) in [5.74, 6) is -0.620. The molecule has 7 atom stereocenters. The summed E-state index contributed by atoms with van der Waals surface area (Å²) in [6.07, 6.45) is 8.26. The normalized spacial score (nSPS) is 46.0. The van der Waals surface area contributed by atoms with Gasteiger partial charge in [0, 0.05) is 0 Å². The van der Waals surface area contributed by atoms with Crippen LogP contribution in [0, 0.1) is 28.6 Å². The number of aliphatic hydroxyl groups is 1. The Labute approximate surface area is 176 Å². The van der Waals surface area contributed by atoms with Gasteiger partial charge >= 0.3 is 5.97 Å². The molecular formula is C24H42O5. The summed E-state index contributed by atoms with van der Waals surface area (Å²) >= 11 is 0. The first-order valence-corrected chi connectivity index (χ1v) is 11.6. The van der Waals surface area contributed by atoms with Gasteiger partial charge in [0.2, 0.25) is 0 Å². The van der Waals surface area contributed by atoms with E-state index in [-0.39, 0.29) is 16.7 Å². The maximum atomic E-state index is 12.1. The number of rotatable bonds is 5. The molecule has 1 heterocycles. The lowest BCUT2D eigenvalue weighted by Gasteiger charge is -2.63. The van der Waals surface area contributed by atoms with Gasteiger partial charge in [0.1, 0.15) is 11.7 Å². The van der Waals surface area contributed by atoms with Gasteiger partial charge in [0.15, 0.2) is 0 Å². The highest BCUT2D eigenvalue weighted by Crippen LogP contribution is 2.64. The second kappa shape index (κ2) is 7.80. The van der Waals surface area contributed by atoms with Crippen molar-refractivity contribution in [3.05, 3.63) is 0 Å². The zero-order valence-electron chi connectivity index (χ0n) is 19.3. The predicted octanol–water partition coefficient (Wildman–Crippen LogP) is 5.35. The first-order valence-electron chi connectivity index (χ1n) is 11.6. The highest BCUT2D eigenvalue weighted by molar-refractivity contribution is 5.70. The Balaban J connectivity index is 1.71. The van der Waals surface area contributed by atoms with E-state index in [1.807, 2.05) is 6.92 Å². The van der Waals surface area contributed by atoms with E-state index >= 15 is 0 Å². The van der Waals surface area contributed by atoms with Crippen LogP contribution in [-0.2, 0) is 14.6 Å². The van der Waals surface area contributed by atoms with Gasteiger partial charge in [-0.1, -0.05) is 34.1 Å². The minimum atomic E-state index is -0.855. The van der Waals surface area contributed by atoms with Crippen LogP contribution in [0.1, 0.15) is 99.3 Å². The first-order chi connectivity index (χ1) is 13.3. The molecule has 0 aromatic rings. The molecule has 0 amide bonds. The SMILES string of the molecule is CC(C(=O)O)C1CCC(C)(CCC2(O)C(C)CCC3C(C)(C)CCCC32C)OO1. The minimum Gasteiger partial charge on any atom is -0.481 e. The smallest absolute Gasteiger partial charge is 0.308 e. The van der Waals surface area contributed by atoms with E-state index in [1.54, 1.807) is 6.92 Å². The van der Waals surface area contributed by atoms with E-state index in [1.165, 1.54) is 19.3 Å². The molecule has 5 nitrogen and oxygen atoms in total. The molecule has 0 spiro atoms. The van der Waals surface area contributed by atoms with Crippen molar-refractivity contribution in [2.24, 2.45) is 28.6 Å². The molecule has 1 saturated heterocycles. The largest absolute Gasteiger partial charge is 0.481 e. The summed E-state index contributed by atoms with van der Waals surface area (Å²) in [4.78, 5) is 22.5. The lowest BCUT2D eigenvalue weighted by atomic mass is 9.44. The fraction of sp³-hybridized carbons (Fsp3) is 0.958. The molecule has 2 N–H and O–H groups in total. The molecule has 2 saturated carbocycles. The van der Waals surface area contributed by atoms with Crippen molar-refractivity contribution in [3.63, 3.8) is 0 Å². The molecule has 2 aliphatic carbocycles. The Hall–Kier alpha value is -0.650. The highest BCUT2D eigenvalue weighted by atomic mass is 17.2. The Morgan fingerprint density at radius 1 is 1.07 bits per heavy atom. The van der Waals surface area contributed by atoms with Crippen molar-refractivity contribution >= 4 is 5.97 Å². The Morgan fingerprint density at radius 3 is 2.34 bits per heavy atom. The Kier molecular flexibility index (Phi) is 6.19. The van der Waals surface area contributed by atoms with Crippen LogP contribution in [0.25, 0.3) is 0 Å². The molecule has 0 bridgehead atoms. The average Bonchev–Trinajstić information content (AvgIpc) is 2.64. The number of carboxylic acids is 1. The van der Waals surface area contributed by atoms with Crippen LogP contribution in [-0.4, -0.2) is 33.5 Å². The Bertz CT molecular complexity index is 608. The zero-order valence-corrected chi connectivity index (χ0v) is 19.3. The van der Waals surface area contributed by atoms with E-state index in [2.05, 4.69) is 27.7 Å². The van der Waals surface area contributed by atoms with Crippen molar-refractivity contribution in [3.8, 4) is 0 Å². The molecule has 168 valence electrons. The van der Waals surface area contributed by atoms with Gasteiger partial charge in [0.25, 0.3) is 0 Å². The number of carboxylic acid groups (broad SMARTS) is 1. The van der Waals surface area contributed by atoms with Crippen molar-refractivity contribution in [1.29, 1.82) is 0 Å². The summed E-state index contributed by atoms with van der Waals surface area (Å²) in [6.45, 7) is 13.0. The lowest BCUT2D eigenvalue weighted by Crippen LogP contribution is -2.62. The third kappa shape index (κ3) is 3.99. The second-order valence-corrected chi connectivity index (χ2v) is 11.5. The third-order valence-corrected chi connectivity index (χ3v) is 9.24. The number of hydrogen-bond donors (Lipinski definition) is 2. The van der Waals surface area contributed by atoms with Crippen LogP contribution >= 0.6 is 0 Å². The van der Waals surface area contributed by atoms with Gasteiger partial charge in [-0.05, 0) is 87.9 Å². The topological polar surface area (TPSA) is 76.0 Å². The summed E-state index contributed by atoms with van der Waals surface area (Å²) in [7, 11) is 0. The Morgan fingerprint density at radius 2 is 1.76 bits per heavy atom. The molecule has 3 rings (SSSR count). The van der Waals surface area contributed by atoms with Gasteiger partial charge in [-0.15, -0.1) is 0 Å². The number of fused-ring (bicyclic) bond motifs is 1. The number of hydrogen-bond acceptors (Lipinski definition) is 4. The molecule has 0 aromatic heterocycles. The third-order valence-electron chi connectivity index (χ3n) is 9.24. The first kappa shape index (κ1) is 23.0. The van der Waals surface area contributed by atoms with E-state index in [0.29, 0.717) is 18.8 Å². The molecule has 5 heteroatoms. The van der Waals surface area contributed by atoms with Gasteiger partial charge in [-0.25, -0.2) is 9.78 Å². The van der Waals surface area contributed by atoms with Crippen molar-refractivity contribution in [2.45, 2.75) is 117 Å². The summed E-state index contributed by atoms with van der Waals surface area (Å²) in [5, 5.41) is 21.3. The minimum absolute atomic E-state index is 0.0708. The monoisotopic (exact) mass is 410 g/mol. The van der Waals surface area contributed by atoms with Crippen molar-refractivity contribution < 1.29 is 24.8 Å². The van der Waals surface area contributed by atoms with Crippen LogP contribution in [0.3, 0.4) is 0 Å². The molecule has 3 fully saturated rings. The summed E-state index contributed by atoms with van der Waals surface area (Å²) in [5.41, 5.74) is -0.975. The molecule has 7 unspecified atom stereocenters. The summed E-state index contributed by atoms with van der Waals surface area (Å²) in [6, 6.07) is 0. The molecule has 3 aliphatic rings. The molecule has 1 aliphatic heterocycles. The molecule has 29 heavy (non-hydrogen) atoms. The average molecular weight is 411 g/mol. The van der Waals surface area contributed by atoms with Gasteiger partial charge in [-0.3, -0.25) is 4.79 Å². The standard InChI is InChI=1S/C24H42O5/c1-16-8-9-19-21(3,4)11-7-12-23(19,6)24(16,27)15-14-22(5)13-10-18(28-29-22)17(2)20(25)26/h16-19,27H,7-15H2,1-6H3,(H,25,26). The molecule has 0 radical (unpaired) electrons. The van der Waals surface area contributed by atoms with E-state index < -0.39 is 29.2 Å². The van der Waals surface area contributed by atoms with E-state index in [4.69, 9.17) is 9.78 Å². The number of aliphatic carboxylic acids is 1. The maximum Gasteiger partial charge on any atom is 0.308 e. The van der Waals surface area contributed by atoms with Crippen molar-refractivity contribution in [2.75, 3.05) is 0 Å². The van der Waals surface area contributed by atoms with E-state index in [0.717, 1.165) is 25.7 Å². The molecule has 0 aromatic carbocycles. The number of carbonyl (C=O) groups is 1. The van der Waals surface area contributed by atoms with Gasteiger partial charge in [0.05, 0.1) is 11.5 Å². The quantitative estimate of drug-likeness (QED) is 0.598. The fourth-order valence-electron chi connectivity index (χ4n) is 6.93. The molecular weight excluding hydrogens is 368 g/mol. The zero-order chi connectivity index (χ0) is 21.7. The lowest BCUT2D eigenvalue weighted by molar-refractivity contribution is -0.412. The van der Waals surface area contributed by atoms with Crippen molar-refractivity contribution in [1.82, 2.24) is 0 Å². The van der Waals surface area contributed by atoms with Crippen LogP contribution < -0.4 is 0 Å². The fourth-order valence-corrected chi connectivity index (χ4v) is 6.93. The van der Waals surface area contributed by atoms with E-state index in [9.17, 15) is 15.0 Å². The van der Waals surface area contributed by atoms with Crippen LogP contribution in [0.2, 0.25) is 0 Å². The maximum absolute atomic E-state index is 12.1. The van der Waals surface area contributed by atoms with Crippen LogP contribution in [0.15, 0.2) is 0 Å². The van der Waals surface area contributed by atoms with Gasteiger partial charge < -0.3 is 10.2 Å². The second-order valence-electron chi connectivity index (χ2n) is 11.5. The predicted molar refractivity (Wildman–Crippen MR) is 112 cm³/mol.